The molecule has 0 radical (unpaired) electrons. The average Bonchev–Trinajstić information content (AvgIpc) is 3.37. The van der Waals surface area contributed by atoms with Crippen LogP contribution in [-0.2, 0) is 14.1 Å². The second kappa shape index (κ2) is 14.7. The average molecular weight is 462 g/mol. The van der Waals surface area contributed by atoms with Gasteiger partial charge in [-0.2, -0.15) is 4.98 Å². The molecule has 0 bridgehead atoms. The fraction of sp³-hybridized carbons (Fsp3) is 0.667. The van der Waals surface area contributed by atoms with Crippen LogP contribution in [0.1, 0.15) is 60.6 Å². The van der Waals surface area contributed by atoms with E-state index in [9.17, 15) is 9.59 Å². The highest BCUT2D eigenvalue weighted by Gasteiger charge is 2.28. The molecule has 1 saturated heterocycles. The third-order valence-corrected chi connectivity index (χ3v) is 3.80. The van der Waals surface area contributed by atoms with Crippen molar-refractivity contribution in [3.8, 4) is 0 Å². The highest BCUT2D eigenvalue weighted by atomic mass is 31.1. The summed E-state index contributed by atoms with van der Waals surface area (Å²) >= 11 is 0. The topological polar surface area (TPSA) is 180 Å². The molecule has 2 aromatic rings. The Balaban J connectivity index is 0.000000992. The van der Waals surface area contributed by atoms with Gasteiger partial charge < -0.3 is 9.84 Å². The lowest BCUT2D eigenvalue weighted by Gasteiger charge is -2.14. The fourth-order valence-corrected chi connectivity index (χ4v) is 2.52. The van der Waals surface area contributed by atoms with E-state index in [-0.39, 0.29) is 47.9 Å². The molecule has 12 nitrogen and oxygen atoms in total. The van der Waals surface area contributed by atoms with Crippen LogP contribution in [0.25, 0.3) is 11.2 Å². The van der Waals surface area contributed by atoms with E-state index in [1.807, 2.05) is 27.7 Å². The number of nitrogens with one attached hydrogen (secondary N) is 2. The van der Waals surface area contributed by atoms with E-state index >= 15 is 0 Å². The van der Waals surface area contributed by atoms with Crippen LogP contribution in [0.5, 0.6) is 0 Å². The minimum Gasteiger partial charge on any atom is -0.394 e. The van der Waals surface area contributed by atoms with Crippen LogP contribution in [0.2, 0.25) is 0 Å². The van der Waals surface area contributed by atoms with Crippen LogP contribution >= 0.6 is 8.25 Å². The molecule has 2 unspecified atom stereocenters. The van der Waals surface area contributed by atoms with Crippen LogP contribution in [0, 0.1) is 5.92 Å². The van der Waals surface area contributed by atoms with Gasteiger partial charge >= 0.3 is 8.25 Å². The van der Waals surface area contributed by atoms with Gasteiger partial charge in [0.2, 0.25) is 11.9 Å². The molecule has 1 fully saturated rings. The summed E-state index contributed by atoms with van der Waals surface area (Å²) in [5.74, 6) is -0.389. The van der Waals surface area contributed by atoms with Gasteiger partial charge in [-0.15, -0.1) is 9.79 Å². The normalized spacial score (nSPS) is 17.0. The number of carbonyl (C=O) groups excluding carboxylic acids is 1. The number of amides is 1. The summed E-state index contributed by atoms with van der Waals surface area (Å²) in [6, 6.07) is 0. The number of carbonyl (C=O) groups is 1. The van der Waals surface area contributed by atoms with E-state index in [0.717, 1.165) is 0 Å². The predicted octanol–water partition coefficient (Wildman–Crippen LogP) is 2.06. The number of aromatic amines is 1. The molecule has 2 aromatic heterocycles. The summed E-state index contributed by atoms with van der Waals surface area (Å²) in [5.41, 5.74) is 0.127. The molecular formula is C18H33N5O7P+. The van der Waals surface area contributed by atoms with E-state index in [1.165, 1.54) is 6.33 Å². The Labute approximate surface area is 181 Å². The van der Waals surface area contributed by atoms with Gasteiger partial charge in [-0.25, -0.2) is 4.98 Å². The van der Waals surface area contributed by atoms with Gasteiger partial charge in [-0.05, 0) is 12.8 Å². The van der Waals surface area contributed by atoms with Crippen LogP contribution in [0.15, 0.2) is 11.1 Å². The van der Waals surface area contributed by atoms with Crippen molar-refractivity contribution in [1.29, 1.82) is 0 Å². The molecule has 0 aliphatic carbocycles. The number of anilines is 1. The van der Waals surface area contributed by atoms with Crippen molar-refractivity contribution in [2.45, 2.75) is 66.7 Å². The molecule has 31 heavy (non-hydrogen) atoms. The zero-order chi connectivity index (χ0) is 24.1. The van der Waals surface area contributed by atoms with Crippen LogP contribution < -0.4 is 10.9 Å². The van der Waals surface area contributed by atoms with Crippen LogP contribution in [-0.4, -0.2) is 53.0 Å². The maximum atomic E-state index is 12.3. The van der Waals surface area contributed by atoms with Crippen molar-refractivity contribution in [3.05, 3.63) is 16.7 Å². The maximum absolute atomic E-state index is 12.3. The zero-order valence-corrected chi connectivity index (χ0v) is 19.6. The summed E-state index contributed by atoms with van der Waals surface area (Å²) in [5, 5.41) is 11.7. The largest absolute Gasteiger partial charge is 0.692 e. The number of aromatic nitrogens is 4. The maximum Gasteiger partial charge on any atom is 0.692 e. The number of aliphatic hydroxyl groups excluding tert-OH is 1. The predicted molar refractivity (Wildman–Crippen MR) is 117 cm³/mol. The molecule has 0 spiro atoms. The number of fused-ring (bicyclic) bond motifs is 1. The van der Waals surface area contributed by atoms with Gasteiger partial charge in [0, 0.05) is 10.5 Å². The summed E-state index contributed by atoms with van der Waals surface area (Å²) < 4.78 is 16.0. The Kier molecular flexibility index (Phi) is 13.6. The molecule has 13 heteroatoms. The molecule has 5 N–H and O–H groups in total. The smallest absolute Gasteiger partial charge is 0.394 e. The first-order valence-electron chi connectivity index (χ1n) is 10.1. The van der Waals surface area contributed by atoms with E-state index < -0.39 is 13.8 Å². The van der Waals surface area contributed by atoms with Crippen LogP contribution in [0.4, 0.5) is 5.95 Å². The monoisotopic (exact) mass is 462 g/mol. The first kappa shape index (κ1) is 28.8. The van der Waals surface area contributed by atoms with Crippen molar-refractivity contribution < 1.29 is 29.0 Å². The summed E-state index contributed by atoms with van der Waals surface area (Å²) in [4.78, 5) is 49.1. The molecule has 0 saturated carbocycles. The summed E-state index contributed by atoms with van der Waals surface area (Å²) in [6.07, 6.45) is 2.31. The van der Waals surface area contributed by atoms with Gasteiger partial charge in [0.25, 0.3) is 5.56 Å². The standard InChI is InChI=1S/C14H19N5O4.2C2H6.HO3P/c1-7(2)12(21)17-14-16-11-10(13(22)18-14)19(6-15-11)9-4-3-8(5-20)23-9;2*1-2;1-4(2)3/h6-9,20H,3-5H2,1-2H3,(H2,16,17,18,21,22);2*1-2H3;(H-,1,2,3)/p+1. The van der Waals surface area contributed by atoms with Crippen molar-refractivity contribution >= 4 is 31.3 Å². The molecule has 176 valence electrons. The fourth-order valence-electron chi connectivity index (χ4n) is 2.52. The number of nitrogens with zero attached hydrogens (tertiary/aromatic N) is 3. The van der Waals surface area contributed by atoms with Crippen molar-refractivity contribution in [2.75, 3.05) is 11.9 Å². The van der Waals surface area contributed by atoms with Gasteiger partial charge in [0.05, 0.1) is 19.0 Å². The Hall–Kier alpha value is -2.24. The lowest BCUT2D eigenvalue weighted by Crippen LogP contribution is -2.23. The highest BCUT2D eigenvalue weighted by molar-refractivity contribution is 7.30. The molecule has 1 aliphatic heterocycles. The van der Waals surface area contributed by atoms with Gasteiger partial charge in [0.1, 0.15) is 6.23 Å². The zero-order valence-electron chi connectivity index (χ0n) is 18.7. The number of imidazole rings is 1. The second-order valence-electron chi connectivity index (χ2n) is 6.11. The van der Waals surface area contributed by atoms with E-state index in [2.05, 4.69) is 20.3 Å². The Morgan fingerprint density at radius 1 is 1.32 bits per heavy atom. The first-order chi connectivity index (χ1) is 14.7. The molecule has 2 atom stereocenters. The van der Waals surface area contributed by atoms with Crippen molar-refractivity contribution in [1.82, 2.24) is 19.5 Å². The van der Waals surface area contributed by atoms with E-state index in [0.29, 0.717) is 12.8 Å². The second-order valence-corrected chi connectivity index (χ2v) is 6.61. The molecule has 1 aliphatic rings. The van der Waals surface area contributed by atoms with E-state index in [4.69, 9.17) is 24.2 Å². The molecular weight excluding hydrogens is 429 g/mol. The van der Waals surface area contributed by atoms with Gasteiger partial charge in [-0.1, -0.05) is 41.5 Å². The number of aliphatic hydroxyl groups is 1. The van der Waals surface area contributed by atoms with Crippen molar-refractivity contribution in [3.63, 3.8) is 0 Å². The molecule has 0 aromatic carbocycles. The summed E-state index contributed by atoms with van der Waals surface area (Å²) in [6.45, 7) is 11.4. The van der Waals surface area contributed by atoms with E-state index in [1.54, 1.807) is 18.4 Å². The molecule has 3 heterocycles. The van der Waals surface area contributed by atoms with Gasteiger partial charge in [0.15, 0.2) is 11.2 Å². The molecule has 1 amide bonds. The molecule has 3 rings (SSSR count). The number of rotatable bonds is 4. The minimum absolute atomic E-state index is 0.0525. The van der Waals surface area contributed by atoms with Crippen LogP contribution in [0.3, 0.4) is 0 Å². The summed E-state index contributed by atoms with van der Waals surface area (Å²) in [7, 11) is -2.87. The van der Waals surface area contributed by atoms with Gasteiger partial charge in [-0.3, -0.25) is 24.5 Å². The number of ether oxygens (including phenoxy) is 1. The third-order valence-electron chi connectivity index (χ3n) is 3.80. The number of hydrogen-bond acceptors (Lipinski definition) is 7. The highest BCUT2D eigenvalue weighted by Crippen LogP contribution is 2.29. The minimum atomic E-state index is -2.87. The first-order valence-corrected chi connectivity index (χ1v) is 11.3. The number of hydrogen-bond donors (Lipinski definition) is 5. The third kappa shape index (κ3) is 8.80. The Morgan fingerprint density at radius 2 is 1.90 bits per heavy atom. The SMILES string of the molecule is CC.CC.CC(C)C(=O)Nc1nc2ncn(C3CCC(CO)O3)c2c(=O)[nH]1.O=[P+](O)O. The lowest BCUT2D eigenvalue weighted by molar-refractivity contribution is -0.118. The number of H-pyrrole nitrogens is 1. The quantitative estimate of drug-likeness (QED) is 0.425. The lowest BCUT2D eigenvalue weighted by atomic mass is 10.2. The van der Waals surface area contributed by atoms with Crippen molar-refractivity contribution in [2.24, 2.45) is 5.92 Å². The Morgan fingerprint density at radius 3 is 2.39 bits per heavy atom. The Bertz CT molecular complexity index is 880.